The van der Waals surface area contributed by atoms with Gasteiger partial charge in [0.15, 0.2) is 5.15 Å². The molecule has 2 aromatic rings. The second-order valence-corrected chi connectivity index (χ2v) is 5.81. The number of halogens is 1. The molecular weight excluding hydrogens is 336 g/mol. The first-order valence-electron chi connectivity index (χ1n) is 8.01. The Balaban J connectivity index is 1.73. The minimum Gasteiger partial charge on any atom is -0.362 e. The second-order valence-electron chi connectivity index (χ2n) is 5.45. The van der Waals surface area contributed by atoms with Gasteiger partial charge in [0, 0.05) is 32.2 Å². The van der Waals surface area contributed by atoms with E-state index >= 15 is 0 Å². The Kier molecular flexibility index (Phi) is 7.88. The summed E-state index contributed by atoms with van der Waals surface area (Å²) in [6, 6.07) is 10.3. The summed E-state index contributed by atoms with van der Waals surface area (Å²) in [5.74, 6) is 0. The standard InChI is InChI=1S/C18H23ClN6/c1-20-10-16(8-9-21-11-15-6-4-3-5-7-15)12-22-14-23-17-13-25(2)24-18(17)19/h3-7,10,12-13,21,23H,1,8-9,11,14H2,2H3/b16-10-,22-12?. The number of aryl methyl sites for hydroxylation is 1. The van der Waals surface area contributed by atoms with Crippen LogP contribution in [0.5, 0.6) is 0 Å². The first-order chi connectivity index (χ1) is 12.2. The lowest BCUT2D eigenvalue weighted by molar-refractivity contribution is 0.690. The molecule has 0 aliphatic carbocycles. The van der Waals surface area contributed by atoms with Gasteiger partial charge in [-0.1, -0.05) is 41.9 Å². The van der Waals surface area contributed by atoms with E-state index in [2.05, 4.69) is 44.6 Å². The SMILES string of the molecule is C=N/C=C(\C=NCNc1cn(C)nc1Cl)CCNCc1ccccc1. The fourth-order valence-electron chi connectivity index (χ4n) is 2.21. The third-order valence-corrected chi connectivity index (χ3v) is 3.70. The van der Waals surface area contributed by atoms with Gasteiger partial charge in [0.2, 0.25) is 0 Å². The summed E-state index contributed by atoms with van der Waals surface area (Å²) in [7, 11) is 1.82. The van der Waals surface area contributed by atoms with Crippen LogP contribution in [0, 0.1) is 0 Å². The summed E-state index contributed by atoms with van der Waals surface area (Å²) in [6.45, 7) is 5.61. The molecule has 0 fully saturated rings. The van der Waals surface area contributed by atoms with Crippen molar-refractivity contribution in [1.29, 1.82) is 0 Å². The molecule has 1 heterocycles. The Labute approximate surface area is 153 Å². The Morgan fingerprint density at radius 1 is 1.36 bits per heavy atom. The topological polar surface area (TPSA) is 66.6 Å². The molecule has 2 N–H and O–H groups in total. The van der Waals surface area contributed by atoms with Crippen LogP contribution < -0.4 is 10.6 Å². The predicted octanol–water partition coefficient (Wildman–Crippen LogP) is 3.28. The number of rotatable bonds is 10. The van der Waals surface area contributed by atoms with E-state index in [4.69, 9.17) is 11.6 Å². The molecule has 1 aromatic carbocycles. The van der Waals surface area contributed by atoms with Crippen molar-refractivity contribution in [3.8, 4) is 0 Å². The van der Waals surface area contributed by atoms with Crippen LogP contribution in [0.3, 0.4) is 0 Å². The molecule has 6 nitrogen and oxygen atoms in total. The highest BCUT2D eigenvalue weighted by atomic mass is 35.5. The highest BCUT2D eigenvalue weighted by Crippen LogP contribution is 2.17. The summed E-state index contributed by atoms with van der Waals surface area (Å²) in [4.78, 5) is 8.20. The molecule has 0 bridgehead atoms. The molecule has 25 heavy (non-hydrogen) atoms. The maximum Gasteiger partial charge on any atom is 0.174 e. The van der Waals surface area contributed by atoms with Gasteiger partial charge in [0.25, 0.3) is 0 Å². The number of nitrogens with one attached hydrogen (secondary N) is 2. The number of aromatic nitrogens is 2. The van der Waals surface area contributed by atoms with E-state index in [1.54, 1.807) is 17.1 Å². The van der Waals surface area contributed by atoms with Gasteiger partial charge in [0.1, 0.15) is 6.67 Å². The molecule has 0 saturated heterocycles. The van der Waals surface area contributed by atoms with Crippen LogP contribution in [-0.2, 0) is 13.6 Å². The third kappa shape index (κ3) is 6.91. The van der Waals surface area contributed by atoms with Crippen LogP contribution in [0.2, 0.25) is 5.15 Å². The molecule has 132 valence electrons. The lowest BCUT2D eigenvalue weighted by atomic mass is 10.2. The minimum absolute atomic E-state index is 0.414. The van der Waals surface area contributed by atoms with E-state index < -0.39 is 0 Å². The van der Waals surface area contributed by atoms with E-state index in [0.29, 0.717) is 11.8 Å². The molecule has 0 aliphatic rings. The number of hydrogen-bond donors (Lipinski definition) is 2. The number of nitrogens with zero attached hydrogens (tertiary/aromatic N) is 4. The van der Waals surface area contributed by atoms with Crippen molar-refractivity contribution in [1.82, 2.24) is 15.1 Å². The van der Waals surface area contributed by atoms with Crippen molar-refractivity contribution in [2.45, 2.75) is 13.0 Å². The molecule has 0 aliphatic heterocycles. The van der Waals surface area contributed by atoms with E-state index in [-0.39, 0.29) is 0 Å². The first kappa shape index (κ1) is 18.9. The van der Waals surface area contributed by atoms with Crippen LogP contribution >= 0.6 is 11.6 Å². The zero-order chi connectivity index (χ0) is 17.9. The zero-order valence-electron chi connectivity index (χ0n) is 14.3. The third-order valence-electron chi connectivity index (χ3n) is 3.42. The fourth-order valence-corrected chi connectivity index (χ4v) is 2.45. The number of hydrogen-bond acceptors (Lipinski definition) is 5. The maximum absolute atomic E-state index is 5.98. The Bertz CT molecular complexity index is 720. The molecule has 2 rings (SSSR count). The molecule has 0 saturated carbocycles. The van der Waals surface area contributed by atoms with Crippen molar-refractivity contribution in [2.75, 3.05) is 18.5 Å². The van der Waals surface area contributed by atoms with Crippen molar-refractivity contribution in [3.63, 3.8) is 0 Å². The molecule has 0 unspecified atom stereocenters. The van der Waals surface area contributed by atoms with E-state index in [9.17, 15) is 0 Å². The Morgan fingerprint density at radius 3 is 2.84 bits per heavy atom. The van der Waals surface area contributed by atoms with Gasteiger partial charge in [-0.05, 0) is 30.8 Å². The molecule has 0 radical (unpaired) electrons. The maximum atomic E-state index is 5.98. The zero-order valence-corrected chi connectivity index (χ0v) is 15.1. The molecule has 1 aromatic heterocycles. The lowest BCUT2D eigenvalue weighted by Gasteiger charge is -2.05. The minimum atomic E-state index is 0.414. The number of anilines is 1. The lowest BCUT2D eigenvalue weighted by Crippen LogP contribution is -2.15. The van der Waals surface area contributed by atoms with E-state index in [1.807, 2.05) is 31.4 Å². The van der Waals surface area contributed by atoms with Gasteiger partial charge in [-0.2, -0.15) is 5.10 Å². The fraction of sp³-hybridized carbons (Fsp3) is 0.278. The predicted molar refractivity (Wildman–Crippen MR) is 106 cm³/mol. The van der Waals surface area contributed by atoms with E-state index in [1.165, 1.54) is 5.56 Å². The summed E-state index contributed by atoms with van der Waals surface area (Å²) < 4.78 is 1.65. The largest absolute Gasteiger partial charge is 0.362 e. The van der Waals surface area contributed by atoms with Crippen LogP contribution in [0.1, 0.15) is 12.0 Å². The first-order valence-corrected chi connectivity index (χ1v) is 8.39. The summed E-state index contributed by atoms with van der Waals surface area (Å²) in [5.41, 5.74) is 3.04. The van der Waals surface area contributed by atoms with Crippen LogP contribution in [0.15, 0.2) is 58.3 Å². The smallest absolute Gasteiger partial charge is 0.174 e. The quantitative estimate of drug-likeness (QED) is 0.506. The second kappa shape index (κ2) is 10.4. The van der Waals surface area contributed by atoms with Gasteiger partial charge < -0.3 is 10.6 Å². The Hall–Kier alpha value is -2.44. The van der Waals surface area contributed by atoms with Crippen LogP contribution in [0.4, 0.5) is 5.69 Å². The van der Waals surface area contributed by atoms with Gasteiger partial charge in [-0.3, -0.25) is 14.7 Å². The molecular formula is C18H23ClN6. The summed E-state index contributed by atoms with van der Waals surface area (Å²) in [5, 5.41) is 11.0. The van der Waals surface area contributed by atoms with Gasteiger partial charge in [-0.25, -0.2) is 0 Å². The van der Waals surface area contributed by atoms with Crippen molar-refractivity contribution in [3.05, 3.63) is 59.0 Å². The number of benzene rings is 1. The van der Waals surface area contributed by atoms with Crippen LogP contribution in [0.25, 0.3) is 0 Å². The average molecular weight is 359 g/mol. The number of aliphatic imine (C=N–C) groups is 2. The van der Waals surface area contributed by atoms with Gasteiger partial charge in [0.05, 0.1) is 5.69 Å². The van der Waals surface area contributed by atoms with Crippen molar-refractivity contribution < 1.29 is 0 Å². The monoisotopic (exact) mass is 358 g/mol. The average Bonchev–Trinajstić information content (AvgIpc) is 2.93. The summed E-state index contributed by atoms with van der Waals surface area (Å²) >= 11 is 5.98. The normalized spacial score (nSPS) is 11.8. The van der Waals surface area contributed by atoms with Gasteiger partial charge >= 0.3 is 0 Å². The van der Waals surface area contributed by atoms with E-state index in [0.717, 1.165) is 30.8 Å². The highest BCUT2D eigenvalue weighted by Gasteiger charge is 2.02. The van der Waals surface area contributed by atoms with Crippen LogP contribution in [-0.4, -0.2) is 35.9 Å². The summed E-state index contributed by atoms with van der Waals surface area (Å²) in [6.07, 6.45) is 6.16. The van der Waals surface area contributed by atoms with Crippen molar-refractivity contribution >= 4 is 30.2 Å². The molecule has 7 heteroatoms. The molecule has 0 spiro atoms. The molecule has 0 amide bonds. The highest BCUT2D eigenvalue weighted by molar-refractivity contribution is 6.31. The molecule has 0 atom stereocenters. The van der Waals surface area contributed by atoms with Gasteiger partial charge in [-0.15, -0.1) is 0 Å². The Morgan fingerprint density at radius 2 is 2.16 bits per heavy atom. The van der Waals surface area contributed by atoms with Crippen molar-refractivity contribution in [2.24, 2.45) is 17.0 Å².